The summed E-state index contributed by atoms with van der Waals surface area (Å²) in [4.78, 5) is 35.0. The SMILES string of the molecule is CC[C@@H](C)NC(=O)NC(=O)COC(=O)c1ccc(COC(C)C)cc1. The number of imide groups is 1. The van der Waals surface area contributed by atoms with E-state index in [1.807, 2.05) is 27.7 Å². The second-order valence-electron chi connectivity index (χ2n) is 5.96. The normalized spacial score (nSPS) is 11.7. The van der Waals surface area contributed by atoms with Crippen molar-refractivity contribution in [2.45, 2.75) is 52.9 Å². The topological polar surface area (TPSA) is 93.7 Å². The lowest BCUT2D eigenvalue weighted by Gasteiger charge is -2.12. The summed E-state index contributed by atoms with van der Waals surface area (Å²) in [6.45, 7) is 7.56. The van der Waals surface area contributed by atoms with Gasteiger partial charge in [-0.1, -0.05) is 19.1 Å². The van der Waals surface area contributed by atoms with Gasteiger partial charge in [0.05, 0.1) is 18.3 Å². The standard InChI is InChI=1S/C18H26N2O5/c1-5-13(4)19-18(23)20-16(21)11-25-17(22)15-8-6-14(7-9-15)10-24-12(2)3/h6-9,12-13H,5,10-11H2,1-4H3,(H2,19,20,21,23)/t13-/m1/s1. The summed E-state index contributed by atoms with van der Waals surface area (Å²) < 4.78 is 10.4. The van der Waals surface area contributed by atoms with Crippen LogP contribution in [0.25, 0.3) is 0 Å². The number of urea groups is 1. The van der Waals surface area contributed by atoms with Crippen molar-refractivity contribution in [3.8, 4) is 0 Å². The molecule has 0 unspecified atom stereocenters. The predicted octanol–water partition coefficient (Wildman–Crippen LogP) is 2.39. The third kappa shape index (κ3) is 8.30. The zero-order valence-corrected chi connectivity index (χ0v) is 15.1. The van der Waals surface area contributed by atoms with Gasteiger partial charge in [0.25, 0.3) is 5.91 Å². The first kappa shape index (κ1) is 20.6. The molecule has 1 aromatic carbocycles. The minimum absolute atomic E-state index is 0.0476. The highest BCUT2D eigenvalue weighted by Gasteiger charge is 2.13. The summed E-state index contributed by atoms with van der Waals surface area (Å²) in [6.07, 6.45) is 0.870. The van der Waals surface area contributed by atoms with Crippen molar-refractivity contribution >= 4 is 17.9 Å². The number of carbonyl (C=O) groups excluding carboxylic acids is 3. The van der Waals surface area contributed by atoms with Crippen molar-refractivity contribution < 1.29 is 23.9 Å². The third-order valence-corrected chi connectivity index (χ3v) is 3.35. The molecule has 0 aliphatic carbocycles. The van der Waals surface area contributed by atoms with Crippen LogP contribution in [-0.4, -0.2) is 36.7 Å². The van der Waals surface area contributed by atoms with Gasteiger partial charge in [-0.25, -0.2) is 9.59 Å². The third-order valence-electron chi connectivity index (χ3n) is 3.35. The lowest BCUT2D eigenvalue weighted by Crippen LogP contribution is -2.44. The van der Waals surface area contributed by atoms with Crippen LogP contribution < -0.4 is 10.6 Å². The van der Waals surface area contributed by atoms with Crippen LogP contribution in [0.3, 0.4) is 0 Å². The fourth-order valence-electron chi connectivity index (χ4n) is 1.74. The number of hydrogen-bond donors (Lipinski definition) is 2. The first-order chi connectivity index (χ1) is 11.8. The number of benzene rings is 1. The molecular weight excluding hydrogens is 324 g/mol. The first-order valence-electron chi connectivity index (χ1n) is 8.29. The van der Waals surface area contributed by atoms with Gasteiger partial charge in [0, 0.05) is 6.04 Å². The lowest BCUT2D eigenvalue weighted by molar-refractivity contribution is -0.123. The Balaban J connectivity index is 2.40. The van der Waals surface area contributed by atoms with E-state index in [1.165, 1.54) is 0 Å². The van der Waals surface area contributed by atoms with E-state index in [1.54, 1.807) is 24.3 Å². The molecule has 138 valence electrons. The van der Waals surface area contributed by atoms with Crippen LogP contribution in [0.4, 0.5) is 4.79 Å². The number of amides is 3. The molecular formula is C18H26N2O5. The molecule has 3 amide bonds. The predicted molar refractivity (Wildman–Crippen MR) is 93.1 cm³/mol. The number of esters is 1. The average molecular weight is 350 g/mol. The van der Waals surface area contributed by atoms with E-state index in [-0.39, 0.29) is 12.1 Å². The number of ether oxygens (including phenoxy) is 2. The smallest absolute Gasteiger partial charge is 0.338 e. The molecule has 1 rings (SSSR count). The Morgan fingerprint density at radius 1 is 1.08 bits per heavy atom. The first-order valence-corrected chi connectivity index (χ1v) is 8.29. The number of rotatable bonds is 8. The molecule has 7 heteroatoms. The molecule has 0 spiro atoms. The fraction of sp³-hybridized carbons (Fsp3) is 0.500. The molecule has 2 N–H and O–H groups in total. The highest BCUT2D eigenvalue weighted by atomic mass is 16.5. The van der Waals surface area contributed by atoms with Crippen LogP contribution in [-0.2, 0) is 20.9 Å². The Bertz CT molecular complexity index is 584. The maximum atomic E-state index is 11.9. The van der Waals surface area contributed by atoms with E-state index in [2.05, 4.69) is 10.6 Å². The zero-order chi connectivity index (χ0) is 18.8. The molecule has 0 fully saturated rings. The van der Waals surface area contributed by atoms with Gasteiger partial charge in [-0.3, -0.25) is 10.1 Å². The van der Waals surface area contributed by atoms with E-state index in [0.717, 1.165) is 12.0 Å². The molecule has 0 aliphatic rings. The Morgan fingerprint density at radius 3 is 2.28 bits per heavy atom. The van der Waals surface area contributed by atoms with Gasteiger partial charge in [0.15, 0.2) is 6.61 Å². The zero-order valence-electron chi connectivity index (χ0n) is 15.1. The van der Waals surface area contributed by atoms with Crippen LogP contribution in [0.2, 0.25) is 0 Å². The van der Waals surface area contributed by atoms with Crippen molar-refractivity contribution in [3.05, 3.63) is 35.4 Å². The largest absolute Gasteiger partial charge is 0.452 e. The van der Waals surface area contributed by atoms with E-state index in [4.69, 9.17) is 9.47 Å². The number of nitrogens with one attached hydrogen (secondary N) is 2. The van der Waals surface area contributed by atoms with Gasteiger partial charge in [-0.05, 0) is 44.9 Å². The Hall–Kier alpha value is -2.41. The minimum Gasteiger partial charge on any atom is -0.452 e. The molecule has 0 bridgehead atoms. The Labute approximate surface area is 148 Å². The minimum atomic E-state index is -0.684. The van der Waals surface area contributed by atoms with Crippen LogP contribution in [0.5, 0.6) is 0 Å². The molecule has 0 aliphatic heterocycles. The summed E-state index contributed by atoms with van der Waals surface area (Å²) in [5, 5.41) is 4.69. The summed E-state index contributed by atoms with van der Waals surface area (Å²) in [6, 6.07) is 6.08. The molecule has 7 nitrogen and oxygen atoms in total. The van der Waals surface area contributed by atoms with Crippen LogP contribution >= 0.6 is 0 Å². The molecule has 0 saturated carbocycles. The molecule has 0 aromatic heterocycles. The van der Waals surface area contributed by atoms with Crippen molar-refractivity contribution in [1.29, 1.82) is 0 Å². The number of carbonyl (C=O) groups is 3. The summed E-state index contributed by atoms with van der Waals surface area (Å²) in [5.74, 6) is -1.31. The maximum absolute atomic E-state index is 11.9. The summed E-state index contributed by atoms with van der Waals surface area (Å²) in [7, 11) is 0. The molecule has 25 heavy (non-hydrogen) atoms. The van der Waals surface area contributed by atoms with Gasteiger partial charge in [0.1, 0.15) is 0 Å². The maximum Gasteiger partial charge on any atom is 0.338 e. The van der Waals surface area contributed by atoms with Gasteiger partial charge >= 0.3 is 12.0 Å². The van der Waals surface area contributed by atoms with E-state index in [9.17, 15) is 14.4 Å². The molecule has 1 atom stereocenters. The van der Waals surface area contributed by atoms with Crippen LogP contribution in [0.15, 0.2) is 24.3 Å². The number of hydrogen-bond acceptors (Lipinski definition) is 5. The van der Waals surface area contributed by atoms with Crippen molar-refractivity contribution in [3.63, 3.8) is 0 Å². The van der Waals surface area contributed by atoms with E-state index in [0.29, 0.717) is 12.2 Å². The second kappa shape index (κ2) is 10.5. The van der Waals surface area contributed by atoms with Crippen molar-refractivity contribution in [1.82, 2.24) is 10.6 Å². The molecule has 0 saturated heterocycles. The average Bonchev–Trinajstić information content (AvgIpc) is 2.57. The molecule has 0 radical (unpaired) electrons. The Morgan fingerprint density at radius 2 is 1.72 bits per heavy atom. The summed E-state index contributed by atoms with van der Waals surface area (Å²) in [5.41, 5.74) is 1.26. The van der Waals surface area contributed by atoms with E-state index < -0.39 is 24.5 Å². The Kier molecular flexibility index (Phi) is 8.63. The van der Waals surface area contributed by atoms with Gasteiger partial charge in [-0.2, -0.15) is 0 Å². The van der Waals surface area contributed by atoms with Crippen LogP contribution in [0, 0.1) is 0 Å². The summed E-state index contributed by atoms with van der Waals surface area (Å²) >= 11 is 0. The van der Waals surface area contributed by atoms with Crippen molar-refractivity contribution in [2.75, 3.05) is 6.61 Å². The molecule has 0 heterocycles. The second-order valence-corrected chi connectivity index (χ2v) is 5.96. The van der Waals surface area contributed by atoms with Gasteiger partial charge in [-0.15, -0.1) is 0 Å². The van der Waals surface area contributed by atoms with Crippen LogP contribution in [0.1, 0.15) is 50.0 Å². The van der Waals surface area contributed by atoms with Gasteiger partial charge < -0.3 is 14.8 Å². The quantitative estimate of drug-likeness (QED) is 0.702. The van der Waals surface area contributed by atoms with E-state index >= 15 is 0 Å². The monoisotopic (exact) mass is 350 g/mol. The fourth-order valence-corrected chi connectivity index (χ4v) is 1.74. The van der Waals surface area contributed by atoms with Crippen molar-refractivity contribution in [2.24, 2.45) is 0 Å². The highest BCUT2D eigenvalue weighted by molar-refractivity contribution is 5.97. The van der Waals surface area contributed by atoms with Gasteiger partial charge in [0.2, 0.25) is 0 Å². The highest BCUT2D eigenvalue weighted by Crippen LogP contribution is 2.08. The lowest BCUT2D eigenvalue weighted by atomic mass is 10.1. The molecule has 1 aromatic rings.